The van der Waals surface area contributed by atoms with Crippen molar-refractivity contribution in [2.45, 2.75) is 44.1 Å². The van der Waals surface area contributed by atoms with Gasteiger partial charge in [0.15, 0.2) is 6.10 Å². The SMILES string of the molecule is Cc1ccc(C(N)=O)c(O[C@H](C)C(=O)Nc2ccc(S(=O)(=O)N3CCCCC3)cc2)c1. The number of benzene rings is 2. The molecule has 1 atom stereocenters. The Labute approximate surface area is 182 Å². The minimum Gasteiger partial charge on any atom is -0.480 e. The third-order valence-electron chi connectivity index (χ3n) is 5.15. The molecule has 0 bridgehead atoms. The van der Waals surface area contributed by atoms with E-state index in [2.05, 4.69) is 5.32 Å². The lowest BCUT2D eigenvalue weighted by atomic mass is 10.1. The Kier molecular flexibility index (Phi) is 6.97. The maximum absolute atomic E-state index is 12.7. The monoisotopic (exact) mass is 445 g/mol. The van der Waals surface area contributed by atoms with Gasteiger partial charge in [-0.15, -0.1) is 0 Å². The lowest BCUT2D eigenvalue weighted by Crippen LogP contribution is -2.35. The number of aryl methyl sites for hydroxylation is 1. The molecule has 1 saturated heterocycles. The van der Waals surface area contributed by atoms with Crippen LogP contribution < -0.4 is 15.8 Å². The molecule has 9 heteroatoms. The standard InChI is InChI=1S/C22H27N3O5S/c1-15-6-11-19(21(23)26)20(14-15)30-16(2)22(27)24-17-7-9-18(10-8-17)31(28,29)25-12-4-3-5-13-25/h6-11,14,16H,3-5,12-13H2,1-2H3,(H2,23,26)(H,24,27)/t16-/m1/s1. The van der Waals surface area contributed by atoms with Crippen molar-refractivity contribution in [1.29, 1.82) is 0 Å². The number of nitrogens with zero attached hydrogens (tertiary/aromatic N) is 1. The van der Waals surface area contributed by atoms with Crippen LogP contribution in [0.25, 0.3) is 0 Å². The highest BCUT2D eigenvalue weighted by atomic mass is 32.2. The van der Waals surface area contributed by atoms with Gasteiger partial charge in [-0.2, -0.15) is 4.31 Å². The summed E-state index contributed by atoms with van der Waals surface area (Å²) in [6.45, 7) is 4.45. The second-order valence-electron chi connectivity index (χ2n) is 7.60. The highest BCUT2D eigenvalue weighted by Gasteiger charge is 2.26. The average Bonchev–Trinajstić information content (AvgIpc) is 2.74. The number of ether oxygens (including phenoxy) is 1. The Bertz CT molecular complexity index is 1060. The molecule has 0 saturated carbocycles. The van der Waals surface area contributed by atoms with Crippen LogP contribution in [0.5, 0.6) is 5.75 Å². The molecule has 1 aliphatic heterocycles. The van der Waals surface area contributed by atoms with Crippen molar-refractivity contribution in [3.05, 3.63) is 53.6 Å². The van der Waals surface area contributed by atoms with E-state index < -0.39 is 27.9 Å². The summed E-state index contributed by atoms with van der Waals surface area (Å²) in [4.78, 5) is 24.3. The molecule has 31 heavy (non-hydrogen) atoms. The van der Waals surface area contributed by atoms with E-state index in [0.29, 0.717) is 18.8 Å². The summed E-state index contributed by atoms with van der Waals surface area (Å²) in [6, 6.07) is 11.0. The van der Waals surface area contributed by atoms with Gasteiger partial charge in [-0.1, -0.05) is 12.5 Å². The number of nitrogens with two attached hydrogens (primary N) is 1. The Balaban J connectivity index is 1.67. The maximum Gasteiger partial charge on any atom is 0.265 e. The van der Waals surface area contributed by atoms with Crippen LogP contribution >= 0.6 is 0 Å². The zero-order valence-electron chi connectivity index (χ0n) is 17.6. The summed E-state index contributed by atoms with van der Waals surface area (Å²) < 4.78 is 32.6. The first-order chi connectivity index (χ1) is 14.7. The highest BCUT2D eigenvalue weighted by molar-refractivity contribution is 7.89. The van der Waals surface area contributed by atoms with Crippen LogP contribution in [0.15, 0.2) is 47.4 Å². The number of hydrogen-bond donors (Lipinski definition) is 2. The van der Waals surface area contributed by atoms with Gasteiger partial charge in [0.25, 0.3) is 11.8 Å². The van der Waals surface area contributed by atoms with Gasteiger partial charge in [0.1, 0.15) is 5.75 Å². The van der Waals surface area contributed by atoms with Crippen molar-refractivity contribution in [1.82, 2.24) is 4.31 Å². The van der Waals surface area contributed by atoms with E-state index in [1.807, 2.05) is 6.92 Å². The molecule has 2 amide bonds. The van der Waals surface area contributed by atoms with Crippen LogP contribution in [-0.2, 0) is 14.8 Å². The fourth-order valence-electron chi connectivity index (χ4n) is 3.38. The Morgan fingerprint density at radius 1 is 1.06 bits per heavy atom. The van der Waals surface area contributed by atoms with Crippen molar-refractivity contribution < 1.29 is 22.7 Å². The number of hydrogen-bond acceptors (Lipinski definition) is 5. The molecule has 0 unspecified atom stereocenters. The summed E-state index contributed by atoms with van der Waals surface area (Å²) in [6.07, 6.45) is 1.87. The summed E-state index contributed by atoms with van der Waals surface area (Å²) in [5.74, 6) is -0.852. The molecule has 166 valence electrons. The number of anilines is 1. The smallest absolute Gasteiger partial charge is 0.265 e. The lowest BCUT2D eigenvalue weighted by Gasteiger charge is -2.25. The molecule has 3 N–H and O–H groups in total. The molecule has 1 fully saturated rings. The molecule has 0 aliphatic carbocycles. The molecule has 1 aliphatic rings. The fraction of sp³-hybridized carbons (Fsp3) is 0.364. The van der Waals surface area contributed by atoms with Gasteiger partial charge >= 0.3 is 0 Å². The van der Waals surface area contributed by atoms with Gasteiger partial charge in [0.05, 0.1) is 10.5 Å². The van der Waals surface area contributed by atoms with Gasteiger partial charge in [0.2, 0.25) is 10.0 Å². The molecule has 0 spiro atoms. The van der Waals surface area contributed by atoms with Gasteiger partial charge in [0, 0.05) is 18.8 Å². The lowest BCUT2D eigenvalue weighted by molar-refractivity contribution is -0.122. The third kappa shape index (κ3) is 5.42. The van der Waals surface area contributed by atoms with E-state index in [1.54, 1.807) is 37.3 Å². The zero-order valence-corrected chi connectivity index (χ0v) is 18.4. The minimum atomic E-state index is -3.53. The number of nitrogens with one attached hydrogen (secondary N) is 1. The first-order valence-electron chi connectivity index (χ1n) is 10.2. The van der Waals surface area contributed by atoms with E-state index in [-0.39, 0.29) is 16.2 Å². The number of amides is 2. The molecule has 1 heterocycles. The van der Waals surface area contributed by atoms with E-state index in [4.69, 9.17) is 10.5 Å². The van der Waals surface area contributed by atoms with Crippen molar-refractivity contribution in [3.63, 3.8) is 0 Å². The van der Waals surface area contributed by atoms with Crippen molar-refractivity contribution in [2.24, 2.45) is 5.73 Å². The van der Waals surface area contributed by atoms with E-state index in [9.17, 15) is 18.0 Å². The van der Waals surface area contributed by atoms with Gasteiger partial charge in [-0.3, -0.25) is 9.59 Å². The summed E-state index contributed by atoms with van der Waals surface area (Å²) >= 11 is 0. The van der Waals surface area contributed by atoms with Crippen LogP contribution in [0.1, 0.15) is 42.1 Å². The predicted octanol–water partition coefficient (Wildman–Crippen LogP) is 2.67. The zero-order chi connectivity index (χ0) is 22.6. The first kappa shape index (κ1) is 22.8. The number of carbonyl (C=O) groups excluding carboxylic acids is 2. The van der Waals surface area contributed by atoms with Crippen molar-refractivity contribution in [3.8, 4) is 5.75 Å². The number of piperidine rings is 1. The summed E-state index contributed by atoms with van der Waals surface area (Å²) in [5, 5.41) is 2.69. The average molecular weight is 446 g/mol. The molecule has 0 aromatic heterocycles. The summed E-state index contributed by atoms with van der Waals surface area (Å²) in [7, 11) is -3.53. The predicted molar refractivity (Wildman–Crippen MR) is 117 cm³/mol. The number of sulfonamides is 1. The largest absolute Gasteiger partial charge is 0.480 e. The van der Waals surface area contributed by atoms with Crippen LogP contribution in [0.4, 0.5) is 5.69 Å². The Hall–Kier alpha value is -2.91. The molecule has 3 rings (SSSR count). The number of primary amides is 1. The number of rotatable bonds is 7. The Morgan fingerprint density at radius 3 is 2.32 bits per heavy atom. The second kappa shape index (κ2) is 9.49. The van der Waals surface area contributed by atoms with Gasteiger partial charge in [-0.05, 0) is 68.7 Å². The third-order valence-corrected chi connectivity index (χ3v) is 7.06. The van der Waals surface area contributed by atoms with E-state index >= 15 is 0 Å². The molecular formula is C22H27N3O5S. The van der Waals surface area contributed by atoms with Crippen LogP contribution in [0.3, 0.4) is 0 Å². The van der Waals surface area contributed by atoms with Crippen molar-refractivity contribution >= 4 is 27.5 Å². The van der Waals surface area contributed by atoms with Crippen molar-refractivity contribution in [2.75, 3.05) is 18.4 Å². The quantitative estimate of drug-likeness (QED) is 0.679. The molecule has 2 aromatic carbocycles. The van der Waals surface area contributed by atoms with Gasteiger partial charge < -0.3 is 15.8 Å². The molecule has 2 aromatic rings. The first-order valence-corrected chi connectivity index (χ1v) is 11.6. The van der Waals surface area contributed by atoms with E-state index in [1.165, 1.54) is 16.4 Å². The Morgan fingerprint density at radius 2 is 1.71 bits per heavy atom. The number of carbonyl (C=O) groups is 2. The molecule has 8 nitrogen and oxygen atoms in total. The van der Waals surface area contributed by atoms with Crippen LogP contribution in [0.2, 0.25) is 0 Å². The summed E-state index contributed by atoms with van der Waals surface area (Å²) in [5.41, 5.74) is 6.86. The van der Waals surface area contributed by atoms with Gasteiger partial charge in [-0.25, -0.2) is 8.42 Å². The maximum atomic E-state index is 12.7. The second-order valence-corrected chi connectivity index (χ2v) is 9.54. The normalized spacial score (nSPS) is 15.8. The highest BCUT2D eigenvalue weighted by Crippen LogP contribution is 2.23. The minimum absolute atomic E-state index is 0.192. The fourth-order valence-corrected chi connectivity index (χ4v) is 4.90. The van der Waals surface area contributed by atoms with Crippen LogP contribution in [-0.4, -0.2) is 43.7 Å². The topological polar surface area (TPSA) is 119 Å². The van der Waals surface area contributed by atoms with Crippen LogP contribution in [0, 0.1) is 6.92 Å². The molecular weight excluding hydrogens is 418 g/mol. The van der Waals surface area contributed by atoms with E-state index in [0.717, 1.165) is 24.8 Å². The molecule has 0 radical (unpaired) electrons.